The first kappa shape index (κ1) is 17.5. The van der Waals surface area contributed by atoms with Gasteiger partial charge in [0.25, 0.3) is 0 Å². The van der Waals surface area contributed by atoms with Crippen molar-refractivity contribution in [1.82, 2.24) is 4.98 Å². The summed E-state index contributed by atoms with van der Waals surface area (Å²) < 4.78 is 31.1. The van der Waals surface area contributed by atoms with E-state index in [0.29, 0.717) is 22.9 Å². The Kier molecular flexibility index (Phi) is 4.92. The number of hydrogen-bond donors (Lipinski definition) is 1. The number of nitrogens with one attached hydrogen (secondary N) is 1. The Labute approximate surface area is 136 Å². The van der Waals surface area contributed by atoms with E-state index >= 15 is 0 Å². The fraction of sp³-hybridized carbons (Fsp3) is 0.235. The highest BCUT2D eigenvalue weighted by molar-refractivity contribution is 6.04. The third kappa shape index (κ3) is 3.40. The minimum atomic E-state index is -1.08. The monoisotopic (exact) mass is 335 g/mol. The molecule has 0 aliphatic carbocycles. The van der Waals surface area contributed by atoms with E-state index in [-0.39, 0.29) is 11.5 Å². The van der Waals surface area contributed by atoms with E-state index in [0.717, 1.165) is 12.1 Å². The summed E-state index contributed by atoms with van der Waals surface area (Å²) in [5.74, 6) is -3.72. The molecule has 0 saturated heterocycles. The lowest BCUT2D eigenvalue weighted by Gasteiger charge is -2.05. The second-order valence-electron chi connectivity index (χ2n) is 5.30. The summed E-state index contributed by atoms with van der Waals surface area (Å²) in [7, 11) is 0. The average Bonchev–Trinajstić information content (AvgIpc) is 2.79. The SMILES string of the molecule is CC(=O)c1c(C)[nH]c(C(=O)COC(=O)c2ccc(F)cc2F)c1C. The molecule has 1 heterocycles. The molecule has 0 amide bonds. The molecule has 126 valence electrons. The molecule has 0 radical (unpaired) electrons. The molecule has 2 rings (SSSR count). The molecule has 0 aliphatic rings. The zero-order valence-corrected chi connectivity index (χ0v) is 13.3. The molecule has 0 fully saturated rings. The van der Waals surface area contributed by atoms with Crippen molar-refractivity contribution in [2.75, 3.05) is 6.61 Å². The van der Waals surface area contributed by atoms with Gasteiger partial charge in [-0.1, -0.05) is 0 Å². The zero-order valence-electron chi connectivity index (χ0n) is 13.3. The highest BCUT2D eigenvalue weighted by Gasteiger charge is 2.21. The number of H-pyrrole nitrogens is 1. The van der Waals surface area contributed by atoms with E-state index in [1.54, 1.807) is 13.8 Å². The number of benzene rings is 1. The summed E-state index contributed by atoms with van der Waals surface area (Å²) in [6.07, 6.45) is 0. The highest BCUT2D eigenvalue weighted by atomic mass is 19.1. The van der Waals surface area contributed by atoms with Crippen LogP contribution in [0.15, 0.2) is 18.2 Å². The smallest absolute Gasteiger partial charge is 0.341 e. The lowest BCUT2D eigenvalue weighted by molar-refractivity contribution is 0.0468. The van der Waals surface area contributed by atoms with Gasteiger partial charge in [0, 0.05) is 17.3 Å². The number of rotatable bonds is 5. The molecular weight excluding hydrogens is 320 g/mol. The predicted octanol–water partition coefficient (Wildman–Crippen LogP) is 3.15. The van der Waals surface area contributed by atoms with Crippen LogP contribution in [0.4, 0.5) is 8.78 Å². The first-order valence-corrected chi connectivity index (χ1v) is 7.07. The number of ether oxygens (including phenoxy) is 1. The van der Waals surface area contributed by atoms with E-state index in [9.17, 15) is 23.2 Å². The molecule has 1 aromatic heterocycles. The molecule has 24 heavy (non-hydrogen) atoms. The van der Waals surface area contributed by atoms with E-state index in [2.05, 4.69) is 4.98 Å². The molecule has 0 spiro atoms. The molecular formula is C17H15F2NO4. The third-order valence-corrected chi connectivity index (χ3v) is 3.55. The van der Waals surface area contributed by atoms with Crippen molar-refractivity contribution < 1.29 is 27.9 Å². The number of Topliss-reactive ketones (excluding diaryl/α,β-unsaturated/α-hetero) is 2. The van der Waals surface area contributed by atoms with Crippen LogP contribution in [0.1, 0.15) is 49.4 Å². The number of aromatic nitrogens is 1. The van der Waals surface area contributed by atoms with Gasteiger partial charge < -0.3 is 9.72 Å². The fourth-order valence-corrected chi connectivity index (χ4v) is 2.49. The second kappa shape index (κ2) is 6.74. The number of hydrogen-bond acceptors (Lipinski definition) is 4. The number of ketones is 2. The molecule has 0 atom stereocenters. The summed E-state index contributed by atoms with van der Waals surface area (Å²) in [6.45, 7) is 4.01. The first-order chi connectivity index (χ1) is 11.2. The summed E-state index contributed by atoms with van der Waals surface area (Å²) >= 11 is 0. The Bertz CT molecular complexity index is 839. The van der Waals surface area contributed by atoms with Crippen LogP contribution < -0.4 is 0 Å². The van der Waals surface area contributed by atoms with Gasteiger partial charge in [-0.2, -0.15) is 0 Å². The molecule has 0 bridgehead atoms. The summed E-state index contributed by atoms with van der Waals surface area (Å²) in [5, 5.41) is 0. The molecule has 1 N–H and O–H groups in total. The highest BCUT2D eigenvalue weighted by Crippen LogP contribution is 2.19. The first-order valence-electron chi connectivity index (χ1n) is 7.07. The lowest BCUT2D eigenvalue weighted by atomic mass is 10.1. The molecule has 0 aliphatic heterocycles. The van der Waals surface area contributed by atoms with E-state index in [1.807, 2.05) is 0 Å². The molecule has 0 saturated carbocycles. The van der Waals surface area contributed by atoms with Gasteiger partial charge in [-0.15, -0.1) is 0 Å². The Morgan fingerprint density at radius 1 is 1.17 bits per heavy atom. The van der Waals surface area contributed by atoms with Crippen molar-refractivity contribution in [1.29, 1.82) is 0 Å². The van der Waals surface area contributed by atoms with Crippen molar-refractivity contribution in [3.8, 4) is 0 Å². The van der Waals surface area contributed by atoms with Crippen LogP contribution in [0, 0.1) is 25.5 Å². The number of esters is 1. The topological polar surface area (TPSA) is 76.2 Å². The maximum atomic E-state index is 13.5. The fourth-order valence-electron chi connectivity index (χ4n) is 2.49. The maximum absolute atomic E-state index is 13.5. The van der Waals surface area contributed by atoms with Gasteiger partial charge in [0.05, 0.1) is 11.3 Å². The van der Waals surface area contributed by atoms with E-state index in [4.69, 9.17) is 4.74 Å². The summed E-state index contributed by atoms with van der Waals surface area (Å²) in [5.41, 5.74) is 1.11. The summed E-state index contributed by atoms with van der Waals surface area (Å²) in [4.78, 5) is 38.3. The lowest BCUT2D eigenvalue weighted by Crippen LogP contribution is -2.16. The van der Waals surface area contributed by atoms with Crippen LogP contribution in [0.2, 0.25) is 0 Å². The van der Waals surface area contributed by atoms with Crippen molar-refractivity contribution >= 4 is 17.5 Å². The van der Waals surface area contributed by atoms with Crippen LogP contribution in [0.5, 0.6) is 0 Å². The van der Waals surface area contributed by atoms with Crippen LogP contribution in [0.3, 0.4) is 0 Å². The Balaban J connectivity index is 2.12. The minimum absolute atomic E-state index is 0.157. The second-order valence-corrected chi connectivity index (χ2v) is 5.30. The quantitative estimate of drug-likeness (QED) is 0.673. The van der Waals surface area contributed by atoms with Crippen molar-refractivity contribution in [2.24, 2.45) is 0 Å². The molecule has 1 aromatic carbocycles. The van der Waals surface area contributed by atoms with Crippen molar-refractivity contribution in [2.45, 2.75) is 20.8 Å². The van der Waals surface area contributed by atoms with Crippen molar-refractivity contribution in [3.63, 3.8) is 0 Å². The Hall–Kier alpha value is -2.83. The number of halogens is 2. The van der Waals surface area contributed by atoms with Crippen molar-refractivity contribution in [3.05, 3.63) is 57.9 Å². The number of aryl methyl sites for hydroxylation is 1. The van der Waals surface area contributed by atoms with Gasteiger partial charge in [-0.25, -0.2) is 13.6 Å². The normalized spacial score (nSPS) is 10.5. The van der Waals surface area contributed by atoms with E-state index < -0.39 is 35.6 Å². The minimum Gasteiger partial charge on any atom is -0.454 e. The van der Waals surface area contributed by atoms with Crippen LogP contribution in [-0.4, -0.2) is 29.1 Å². The van der Waals surface area contributed by atoms with Crippen LogP contribution in [0.25, 0.3) is 0 Å². The largest absolute Gasteiger partial charge is 0.454 e. The Morgan fingerprint density at radius 2 is 1.83 bits per heavy atom. The molecule has 7 heteroatoms. The van der Waals surface area contributed by atoms with Crippen LogP contribution in [-0.2, 0) is 4.74 Å². The number of carbonyl (C=O) groups is 3. The van der Waals surface area contributed by atoms with Gasteiger partial charge in [-0.3, -0.25) is 9.59 Å². The maximum Gasteiger partial charge on any atom is 0.341 e. The standard InChI is InChI=1S/C17H15F2NO4/c1-8-15(10(3)21)9(2)20-16(8)14(22)7-24-17(23)12-5-4-11(18)6-13(12)19/h4-6,20H,7H2,1-3H3. The van der Waals surface area contributed by atoms with Gasteiger partial charge in [0.1, 0.15) is 11.6 Å². The number of aromatic amines is 1. The predicted molar refractivity (Wildman–Crippen MR) is 81.2 cm³/mol. The molecule has 0 unspecified atom stereocenters. The third-order valence-electron chi connectivity index (χ3n) is 3.55. The number of carbonyl (C=O) groups excluding carboxylic acids is 3. The molecule has 5 nitrogen and oxygen atoms in total. The Morgan fingerprint density at radius 3 is 2.38 bits per heavy atom. The van der Waals surface area contributed by atoms with Crippen LogP contribution >= 0.6 is 0 Å². The summed E-state index contributed by atoms with van der Waals surface area (Å²) in [6, 6.07) is 2.41. The van der Waals surface area contributed by atoms with Gasteiger partial charge in [0.2, 0.25) is 5.78 Å². The average molecular weight is 335 g/mol. The molecule has 2 aromatic rings. The van der Waals surface area contributed by atoms with Gasteiger partial charge in [0.15, 0.2) is 12.4 Å². The van der Waals surface area contributed by atoms with Gasteiger partial charge >= 0.3 is 5.97 Å². The van der Waals surface area contributed by atoms with E-state index in [1.165, 1.54) is 6.92 Å². The van der Waals surface area contributed by atoms with Gasteiger partial charge in [-0.05, 0) is 38.5 Å². The zero-order chi connectivity index (χ0) is 18.0.